The number of hydrogen-bond acceptors (Lipinski definition) is 4. The first-order valence-electron chi connectivity index (χ1n) is 4.45. The molecular weight excluding hydrogens is 170 g/mol. The third-order valence-electron chi connectivity index (χ3n) is 2.48. The van der Waals surface area contributed by atoms with Crippen molar-refractivity contribution in [2.24, 2.45) is 0 Å². The molecule has 1 aromatic rings. The smallest absolute Gasteiger partial charge is 0.197 e. The first-order valence-corrected chi connectivity index (χ1v) is 4.45. The second-order valence-electron chi connectivity index (χ2n) is 3.61. The zero-order valence-corrected chi connectivity index (χ0v) is 7.47. The van der Waals surface area contributed by atoms with Crippen LogP contribution in [0.15, 0.2) is 10.6 Å². The minimum atomic E-state index is -0.628. The van der Waals surface area contributed by atoms with Crippen molar-refractivity contribution >= 4 is 0 Å². The van der Waals surface area contributed by atoms with Crippen LogP contribution in [0.4, 0.5) is 0 Å². The van der Waals surface area contributed by atoms with E-state index in [1.54, 1.807) is 6.20 Å². The molecule has 0 radical (unpaired) electrons. The van der Waals surface area contributed by atoms with Crippen LogP contribution in [-0.2, 0) is 0 Å². The Balaban J connectivity index is 2.11. The van der Waals surface area contributed by atoms with Gasteiger partial charge in [-0.05, 0) is 19.8 Å². The Bertz CT molecular complexity index is 287. The Kier molecular flexibility index (Phi) is 2.09. The van der Waals surface area contributed by atoms with Gasteiger partial charge in [-0.25, -0.2) is 4.98 Å². The van der Waals surface area contributed by atoms with Crippen molar-refractivity contribution < 1.29 is 14.6 Å². The maximum atomic E-state index is 9.32. The molecule has 0 spiro atoms. The van der Waals surface area contributed by atoms with Crippen molar-refractivity contribution in [1.82, 2.24) is 4.98 Å². The van der Waals surface area contributed by atoms with Crippen molar-refractivity contribution in [3.8, 4) is 0 Å². The highest BCUT2D eigenvalue weighted by Gasteiger charge is 2.34. The lowest BCUT2D eigenvalue weighted by Crippen LogP contribution is -2.17. The fourth-order valence-corrected chi connectivity index (χ4v) is 1.76. The quantitative estimate of drug-likeness (QED) is 0.668. The van der Waals surface area contributed by atoms with Gasteiger partial charge in [0.05, 0.1) is 18.4 Å². The first kappa shape index (κ1) is 8.72. The monoisotopic (exact) mass is 183 g/mol. The lowest BCUT2D eigenvalue weighted by molar-refractivity contribution is 0.0438. The highest BCUT2D eigenvalue weighted by atomic mass is 16.4. The van der Waals surface area contributed by atoms with E-state index in [0.29, 0.717) is 18.7 Å². The first-order chi connectivity index (χ1) is 6.16. The number of aliphatic hydroxyl groups is 2. The molecule has 1 heterocycles. The molecule has 2 N–H and O–H groups in total. The van der Waals surface area contributed by atoms with Crippen LogP contribution in [0.1, 0.15) is 30.4 Å². The predicted molar refractivity (Wildman–Crippen MR) is 45.2 cm³/mol. The molecule has 0 aliphatic heterocycles. The van der Waals surface area contributed by atoms with Gasteiger partial charge in [-0.2, -0.15) is 0 Å². The molecule has 2 atom stereocenters. The van der Waals surface area contributed by atoms with Gasteiger partial charge in [0, 0.05) is 5.92 Å². The fraction of sp³-hybridized carbons (Fsp3) is 0.667. The van der Waals surface area contributed by atoms with Crippen LogP contribution < -0.4 is 0 Å². The maximum Gasteiger partial charge on any atom is 0.197 e. The minimum absolute atomic E-state index is 0.0682. The average Bonchev–Trinajstić information content (AvgIpc) is 2.61. The summed E-state index contributed by atoms with van der Waals surface area (Å²) < 4.78 is 5.33. The fourth-order valence-electron chi connectivity index (χ4n) is 1.76. The molecule has 13 heavy (non-hydrogen) atoms. The Morgan fingerprint density at radius 2 is 2.00 bits per heavy atom. The molecule has 1 saturated carbocycles. The molecule has 0 saturated heterocycles. The number of oxazole rings is 1. The van der Waals surface area contributed by atoms with Crippen LogP contribution in [0, 0.1) is 6.92 Å². The van der Waals surface area contributed by atoms with Crippen LogP contribution in [0.3, 0.4) is 0 Å². The second-order valence-corrected chi connectivity index (χ2v) is 3.61. The Hall–Kier alpha value is -0.870. The molecule has 1 fully saturated rings. The van der Waals surface area contributed by atoms with E-state index in [4.69, 9.17) is 4.42 Å². The molecule has 0 aromatic carbocycles. The van der Waals surface area contributed by atoms with Crippen molar-refractivity contribution in [2.45, 2.75) is 37.9 Å². The van der Waals surface area contributed by atoms with Crippen LogP contribution in [-0.4, -0.2) is 27.4 Å². The van der Waals surface area contributed by atoms with Gasteiger partial charge in [-0.15, -0.1) is 0 Å². The summed E-state index contributed by atoms with van der Waals surface area (Å²) in [5, 5.41) is 18.6. The zero-order valence-electron chi connectivity index (χ0n) is 7.47. The van der Waals surface area contributed by atoms with Crippen molar-refractivity contribution in [3.05, 3.63) is 17.8 Å². The SMILES string of the molecule is Cc1cnc(C2CC(O)C(O)C2)o1. The van der Waals surface area contributed by atoms with Crippen LogP contribution >= 0.6 is 0 Å². The predicted octanol–water partition coefficient (Wildman–Crippen LogP) is 0.582. The summed E-state index contributed by atoms with van der Waals surface area (Å²) in [5.41, 5.74) is 0. The summed E-state index contributed by atoms with van der Waals surface area (Å²) in [7, 11) is 0. The Morgan fingerprint density at radius 3 is 2.46 bits per heavy atom. The van der Waals surface area contributed by atoms with Gasteiger partial charge in [-0.1, -0.05) is 0 Å². The van der Waals surface area contributed by atoms with Crippen LogP contribution in [0.5, 0.6) is 0 Å². The summed E-state index contributed by atoms with van der Waals surface area (Å²) >= 11 is 0. The molecule has 0 amide bonds. The van der Waals surface area contributed by atoms with E-state index in [1.165, 1.54) is 0 Å². The standard InChI is InChI=1S/C9H13NO3/c1-5-4-10-9(13-5)6-2-7(11)8(12)3-6/h4,6-8,11-12H,2-3H2,1H3. The molecule has 2 unspecified atom stereocenters. The second kappa shape index (κ2) is 3.12. The highest BCUT2D eigenvalue weighted by Crippen LogP contribution is 2.34. The minimum Gasteiger partial charge on any atom is -0.446 e. The van der Waals surface area contributed by atoms with Gasteiger partial charge >= 0.3 is 0 Å². The number of rotatable bonds is 1. The van der Waals surface area contributed by atoms with Gasteiger partial charge in [0.15, 0.2) is 5.89 Å². The summed E-state index contributed by atoms with van der Waals surface area (Å²) in [6.45, 7) is 1.83. The van der Waals surface area contributed by atoms with Crippen LogP contribution in [0.2, 0.25) is 0 Å². The Labute approximate surface area is 76.2 Å². The van der Waals surface area contributed by atoms with Gasteiger partial charge in [0.1, 0.15) is 5.76 Å². The average molecular weight is 183 g/mol. The van der Waals surface area contributed by atoms with Gasteiger partial charge in [0.2, 0.25) is 0 Å². The van der Waals surface area contributed by atoms with E-state index in [-0.39, 0.29) is 5.92 Å². The molecule has 4 nitrogen and oxygen atoms in total. The van der Waals surface area contributed by atoms with Crippen molar-refractivity contribution in [2.75, 3.05) is 0 Å². The number of aromatic nitrogens is 1. The van der Waals surface area contributed by atoms with E-state index in [2.05, 4.69) is 4.98 Å². The molecular formula is C9H13NO3. The number of nitrogens with zero attached hydrogens (tertiary/aromatic N) is 1. The lowest BCUT2D eigenvalue weighted by atomic mass is 10.1. The highest BCUT2D eigenvalue weighted by molar-refractivity contribution is 5.02. The molecule has 1 aliphatic carbocycles. The molecule has 4 heteroatoms. The van der Waals surface area contributed by atoms with Gasteiger partial charge in [-0.3, -0.25) is 0 Å². The third kappa shape index (κ3) is 1.59. The summed E-state index contributed by atoms with van der Waals surface area (Å²) in [4.78, 5) is 4.08. The number of aryl methyl sites for hydroxylation is 1. The molecule has 2 rings (SSSR count). The summed E-state index contributed by atoms with van der Waals surface area (Å²) in [5.74, 6) is 1.47. The van der Waals surface area contributed by atoms with E-state index in [9.17, 15) is 10.2 Å². The largest absolute Gasteiger partial charge is 0.446 e. The zero-order chi connectivity index (χ0) is 9.42. The van der Waals surface area contributed by atoms with Gasteiger partial charge < -0.3 is 14.6 Å². The maximum absolute atomic E-state index is 9.32. The molecule has 1 aromatic heterocycles. The topological polar surface area (TPSA) is 66.5 Å². The number of hydrogen-bond donors (Lipinski definition) is 2. The normalized spacial score (nSPS) is 33.9. The molecule has 1 aliphatic rings. The summed E-state index contributed by atoms with van der Waals surface area (Å²) in [6.07, 6.45) is 1.49. The molecule has 0 bridgehead atoms. The van der Waals surface area contributed by atoms with Gasteiger partial charge in [0.25, 0.3) is 0 Å². The summed E-state index contributed by atoms with van der Waals surface area (Å²) in [6, 6.07) is 0. The van der Waals surface area contributed by atoms with E-state index in [1.807, 2.05) is 6.92 Å². The van der Waals surface area contributed by atoms with Crippen molar-refractivity contribution in [1.29, 1.82) is 0 Å². The lowest BCUT2D eigenvalue weighted by Gasteiger charge is -2.03. The van der Waals surface area contributed by atoms with Crippen molar-refractivity contribution in [3.63, 3.8) is 0 Å². The van der Waals surface area contributed by atoms with Crippen LogP contribution in [0.25, 0.3) is 0 Å². The van der Waals surface area contributed by atoms with E-state index < -0.39 is 12.2 Å². The Morgan fingerprint density at radius 1 is 1.38 bits per heavy atom. The van der Waals surface area contributed by atoms with E-state index >= 15 is 0 Å². The molecule has 72 valence electrons. The van der Waals surface area contributed by atoms with E-state index in [0.717, 1.165) is 5.76 Å². The number of aliphatic hydroxyl groups excluding tert-OH is 2. The third-order valence-corrected chi connectivity index (χ3v) is 2.48.